The van der Waals surface area contributed by atoms with Gasteiger partial charge in [-0.3, -0.25) is 0 Å². The van der Waals surface area contributed by atoms with Crippen LogP contribution < -0.4 is 5.73 Å². The van der Waals surface area contributed by atoms with Crippen LogP contribution in [0.1, 0.15) is 0 Å². The summed E-state index contributed by atoms with van der Waals surface area (Å²) in [6.45, 7) is 0. The highest BCUT2D eigenvalue weighted by Gasteiger charge is 2.06. The highest BCUT2D eigenvalue weighted by atomic mass is 79.9. The zero-order chi connectivity index (χ0) is 8.72. The second-order valence-electron chi connectivity index (χ2n) is 2.46. The molecule has 1 heterocycles. The van der Waals surface area contributed by atoms with Crippen LogP contribution in [-0.4, -0.2) is 5.11 Å². The van der Waals surface area contributed by atoms with Crippen LogP contribution in [-0.2, 0) is 0 Å². The van der Waals surface area contributed by atoms with Gasteiger partial charge >= 0.3 is 0 Å². The first kappa shape index (κ1) is 7.89. The third-order valence-corrected chi connectivity index (χ3v) is 3.42. The molecule has 0 radical (unpaired) electrons. The summed E-state index contributed by atoms with van der Waals surface area (Å²) < 4.78 is 1.80. The quantitative estimate of drug-likeness (QED) is 0.700. The number of aromatic hydroxyl groups is 1. The highest BCUT2D eigenvalue weighted by molar-refractivity contribution is 9.10. The van der Waals surface area contributed by atoms with Crippen molar-refractivity contribution in [2.75, 3.05) is 5.73 Å². The molecule has 0 aliphatic heterocycles. The molecule has 12 heavy (non-hydrogen) atoms. The van der Waals surface area contributed by atoms with Gasteiger partial charge in [-0.1, -0.05) is 0 Å². The molecule has 0 bridgehead atoms. The predicted octanol–water partition coefficient (Wildman–Crippen LogP) is 2.95. The summed E-state index contributed by atoms with van der Waals surface area (Å²) in [5, 5.41) is 11.9. The van der Waals surface area contributed by atoms with Gasteiger partial charge in [0.1, 0.15) is 5.75 Å². The molecule has 0 spiro atoms. The summed E-state index contributed by atoms with van der Waals surface area (Å²) in [5.41, 5.74) is 6.48. The van der Waals surface area contributed by atoms with E-state index in [0.29, 0.717) is 11.4 Å². The van der Waals surface area contributed by atoms with Gasteiger partial charge in [0, 0.05) is 15.2 Å². The number of halogens is 1. The van der Waals surface area contributed by atoms with Gasteiger partial charge in [-0.2, -0.15) is 0 Å². The molecule has 0 aliphatic rings. The van der Waals surface area contributed by atoms with Crippen LogP contribution in [0.2, 0.25) is 0 Å². The van der Waals surface area contributed by atoms with Crippen molar-refractivity contribution in [3.63, 3.8) is 0 Å². The molecular formula is C8H6BrNOS. The monoisotopic (exact) mass is 243 g/mol. The minimum Gasteiger partial charge on any atom is -0.506 e. The molecule has 0 amide bonds. The lowest BCUT2D eigenvalue weighted by molar-refractivity contribution is 0.483. The molecule has 1 aromatic heterocycles. The molecule has 2 rings (SSSR count). The minimum atomic E-state index is 0.300. The van der Waals surface area contributed by atoms with Gasteiger partial charge < -0.3 is 10.8 Å². The number of hydrogen-bond acceptors (Lipinski definition) is 3. The zero-order valence-corrected chi connectivity index (χ0v) is 8.45. The molecule has 0 atom stereocenters. The van der Waals surface area contributed by atoms with E-state index in [1.165, 1.54) is 11.3 Å². The van der Waals surface area contributed by atoms with Gasteiger partial charge in [-0.05, 0) is 28.1 Å². The number of hydrogen-bond donors (Lipinski definition) is 2. The van der Waals surface area contributed by atoms with Crippen LogP contribution in [0.4, 0.5) is 5.69 Å². The Balaban J connectivity index is 2.93. The molecule has 0 saturated carbocycles. The zero-order valence-electron chi connectivity index (χ0n) is 6.04. The lowest BCUT2D eigenvalue weighted by Gasteiger charge is -1.98. The van der Waals surface area contributed by atoms with Gasteiger partial charge in [0.25, 0.3) is 0 Å². The van der Waals surface area contributed by atoms with Crippen molar-refractivity contribution in [2.24, 2.45) is 0 Å². The normalized spacial score (nSPS) is 10.8. The largest absolute Gasteiger partial charge is 0.506 e. The van der Waals surface area contributed by atoms with Gasteiger partial charge in [0.05, 0.1) is 10.4 Å². The molecule has 62 valence electrons. The molecule has 2 nitrogen and oxygen atoms in total. The van der Waals surface area contributed by atoms with Crippen LogP contribution >= 0.6 is 27.3 Å². The third-order valence-electron chi connectivity index (χ3n) is 1.71. The molecule has 0 aliphatic carbocycles. The molecule has 0 unspecified atom stereocenters. The lowest BCUT2D eigenvalue weighted by atomic mass is 10.2. The number of nitrogen functional groups attached to an aromatic ring is 1. The molecule has 0 saturated heterocycles. The van der Waals surface area contributed by atoms with Crippen LogP contribution in [0.3, 0.4) is 0 Å². The van der Waals surface area contributed by atoms with E-state index in [-0.39, 0.29) is 0 Å². The van der Waals surface area contributed by atoms with Crippen molar-refractivity contribution in [3.8, 4) is 5.75 Å². The first-order valence-corrected chi connectivity index (χ1v) is 5.01. The van der Waals surface area contributed by atoms with E-state index >= 15 is 0 Å². The topological polar surface area (TPSA) is 46.2 Å². The summed E-state index contributed by atoms with van der Waals surface area (Å²) in [7, 11) is 0. The smallest absolute Gasteiger partial charge is 0.134 e. The van der Waals surface area contributed by atoms with E-state index in [1.807, 2.05) is 12.1 Å². The van der Waals surface area contributed by atoms with E-state index in [1.54, 1.807) is 5.38 Å². The second kappa shape index (κ2) is 2.64. The molecule has 4 heteroatoms. The SMILES string of the molecule is Nc1c(Br)ccc2c(O)csc12. The summed E-state index contributed by atoms with van der Waals surface area (Å²) >= 11 is 4.78. The maximum Gasteiger partial charge on any atom is 0.134 e. The molecule has 0 fully saturated rings. The Morgan fingerprint density at radius 2 is 2.17 bits per heavy atom. The Hall–Kier alpha value is -0.740. The fraction of sp³-hybridized carbons (Fsp3) is 0. The second-order valence-corrected chi connectivity index (χ2v) is 4.19. The summed E-state index contributed by atoms with van der Waals surface area (Å²) in [4.78, 5) is 0. The molecule has 1 aromatic carbocycles. The van der Waals surface area contributed by atoms with Crippen LogP contribution in [0, 0.1) is 0 Å². The van der Waals surface area contributed by atoms with Gasteiger partial charge in [-0.15, -0.1) is 11.3 Å². The van der Waals surface area contributed by atoms with Crippen molar-refractivity contribution < 1.29 is 5.11 Å². The number of thiophene rings is 1. The van der Waals surface area contributed by atoms with Crippen molar-refractivity contribution >= 4 is 43.0 Å². The standard InChI is InChI=1S/C8H6BrNOS/c9-5-2-1-4-6(11)3-12-8(4)7(5)10/h1-3,11H,10H2. The molecular weight excluding hydrogens is 238 g/mol. The first-order valence-electron chi connectivity index (χ1n) is 3.34. The number of rotatable bonds is 0. The maximum absolute atomic E-state index is 9.37. The summed E-state index contributed by atoms with van der Waals surface area (Å²) in [6.07, 6.45) is 0. The lowest BCUT2D eigenvalue weighted by Crippen LogP contribution is -1.85. The maximum atomic E-state index is 9.37. The van der Waals surface area contributed by atoms with E-state index in [0.717, 1.165) is 14.6 Å². The third kappa shape index (κ3) is 0.990. The van der Waals surface area contributed by atoms with Gasteiger partial charge in [-0.25, -0.2) is 0 Å². The van der Waals surface area contributed by atoms with Crippen molar-refractivity contribution in [1.29, 1.82) is 0 Å². The fourth-order valence-electron chi connectivity index (χ4n) is 1.08. The summed E-state index contributed by atoms with van der Waals surface area (Å²) in [5.74, 6) is 0.300. The Kier molecular flexibility index (Phi) is 1.73. The Morgan fingerprint density at radius 3 is 2.92 bits per heavy atom. The average Bonchev–Trinajstić information content (AvgIpc) is 2.41. The molecule has 2 aromatic rings. The van der Waals surface area contributed by atoms with Crippen LogP contribution in [0.5, 0.6) is 5.75 Å². The van der Waals surface area contributed by atoms with Crippen LogP contribution in [0.15, 0.2) is 22.0 Å². The van der Waals surface area contributed by atoms with Crippen LogP contribution in [0.25, 0.3) is 10.1 Å². The van der Waals surface area contributed by atoms with Gasteiger partial charge in [0.15, 0.2) is 0 Å². The van der Waals surface area contributed by atoms with Crippen molar-refractivity contribution in [1.82, 2.24) is 0 Å². The van der Waals surface area contributed by atoms with E-state index in [9.17, 15) is 5.11 Å². The number of benzene rings is 1. The fourth-order valence-corrected chi connectivity index (χ4v) is 2.44. The number of anilines is 1. The average molecular weight is 244 g/mol. The van der Waals surface area contributed by atoms with Crippen molar-refractivity contribution in [2.45, 2.75) is 0 Å². The number of fused-ring (bicyclic) bond motifs is 1. The first-order chi connectivity index (χ1) is 5.70. The predicted molar refractivity (Wildman–Crippen MR) is 55.6 cm³/mol. The summed E-state index contributed by atoms with van der Waals surface area (Å²) in [6, 6.07) is 3.69. The van der Waals surface area contributed by atoms with Gasteiger partial charge in [0.2, 0.25) is 0 Å². The number of nitrogens with two attached hydrogens (primary N) is 1. The minimum absolute atomic E-state index is 0.300. The Labute approximate surface area is 81.8 Å². The van der Waals surface area contributed by atoms with E-state index in [2.05, 4.69) is 15.9 Å². The highest BCUT2D eigenvalue weighted by Crippen LogP contribution is 2.38. The Bertz CT molecular complexity index is 438. The van der Waals surface area contributed by atoms with Crippen molar-refractivity contribution in [3.05, 3.63) is 22.0 Å². The van der Waals surface area contributed by atoms with E-state index in [4.69, 9.17) is 5.73 Å². The Morgan fingerprint density at radius 1 is 1.42 bits per heavy atom. The van der Waals surface area contributed by atoms with E-state index < -0.39 is 0 Å². The molecule has 3 N–H and O–H groups in total.